The normalized spacial score (nSPS) is 20.6. The van der Waals surface area contributed by atoms with E-state index in [9.17, 15) is 0 Å². The Labute approximate surface area is 77.9 Å². The zero-order valence-corrected chi connectivity index (χ0v) is 7.55. The predicted octanol–water partition coefficient (Wildman–Crippen LogP) is 1.31. The highest BCUT2D eigenvalue weighted by Gasteiger charge is 2.25. The minimum Gasteiger partial charge on any atom is -0.493 e. The van der Waals surface area contributed by atoms with Crippen molar-refractivity contribution in [2.75, 3.05) is 19.7 Å². The van der Waals surface area contributed by atoms with Gasteiger partial charge in [-0.05, 0) is 5.56 Å². The molecule has 1 aromatic carbocycles. The molecule has 2 heteroatoms. The fraction of sp³-hybridized carbons (Fsp3) is 0.455. The highest BCUT2D eigenvalue weighted by Crippen LogP contribution is 2.35. The number of rotatable bonds is 1. The molecule has 2 aliphatic rings. The lowest BCUT2D eigenvalue weighted by Gasteiger charge is -2.28. The quantitative estimate of drug-likeness (QED) is 0.694. The van der Waals surface area contributed by atoms with Gasteiger partial charge >= 0.3 is 0 Å². The summed E-state index contributed by atoms with van der Waals surface area (Å²) in [6.07, 6.45) is 1.09. The van der Waals surface area contributed by atoms with Crippen LogP contribution < -0.4 is 10.1 Å². The summed E-state index contributed by atoms with van der Waals surface area (Å²) in [4.78, 5) is 0. The largest absolute Gasteiger partial charge is 0.493 e. The Morgan fingerprint density at radius 1 is 1.31 bits per heavy atom. The first-order chi connectivity index (χ1) is 6.45. The third-order valence-electron chi connectivity index (χ3n) is 2.97. The van der Waals surface area contributed by atoms with Crippen LogP contribution in [0.2, 0.25) is 0 Å². The molecule has 1 N–H and O–H groups in total. The molecule has 1 aromatic rings. The number of fused-ring (bicyclic) bond motifs is 1. The van der Waals surface area contributed by atoms with E-state index in [-0.39, 0.29) is 0 Å². The first-order valence-corrected chi connectivity index (χ1v) is 4.90. The average molecular weight is 175 g/mol. The highest BCUT2D eigenvalue weighted by atomic mass is 16.5. The van der Waals surface area contributed by atoms with Gasteiger partial charge in [0.15, 0.2) is 0 Å². The van der Waals surface area contributed by atoms with E-state index in [2.05, 4.69) is 23.5 Å². The SMILES string of the molecule is c1cc2c(c(C3CNC3)c1)OCC2. The van der Waals surface area contributed by atoms with E-state index in [0.717, 1.165) is 26.1 Å². The highest BCUT2D eigenvalue weighted by molar-refractivity contribution is 5.46. The number of hydrogen-bond donors (Lipinski definition) is 1. The summed E-state index contributed by atoms with van der Waals surface area (Å²) >= 11 is 0. The Morgan fingerprint density at radius 3 is 3.00 bits per heavy atom. The van der Waals surface area contributed by atoms with Gasteiger partial charge in [0.05, 0.1) is 6.61 Å². The van der Waals surface area contributed by atoms with Crippen LogP contribution in [0.25, 0.3) is 0 Å². The van der Waals surface area contributed by atoms with Crippen LogP contribution in [-0.2, 0) is 6.42 Å². The van der Waals surface area contributed by atoms with Crippen LogP contribution >= 0.6 is 0 Å². The molecule has 0 aromatic heterocycles. The zero-order valence-electron chi connectivity index (χ0n) is 7.55. The summed E-state index contributed by atoms with van der Waals surface area (Å²) in [7, 11) is 0. The average Bonchev–Trinajstić information content (AvgIpc) is 2.49. The minimum absolute atomic E-state index is 0.688. The summed E-state index contributed by atoms with van der Waals surface area (Å²) in [5.41, 5.74) is 2.80. The van der Waals surface area contributed by atoms with Gasteiger partial charge in [-0.3, -0.25) is 0 Å². The van der Waals surface area contributed by atoms with Gasteiger partial charge < -0.3 is 10.1 Å². The molecule has 0 bridgehead atoms. The fourth-order valence-electron chi connectivity index (χ4n) is 2.07. The maximum Gasteiger partial charge on any atom is 0.126 e. The van der Waals surface area contributed by atoms with E-state index in [1.807, 2.05) is 0 Å². The van der Waals surface area contributed by atoms with Crippen molar-refractivity contribution >= 4 is 0 Å². The van der Waals surface area contributed by atoms with E-state index in [4.69, 9.17) is 4.74 Å². The smallest absolute Gasteiger partial charge is 0.126 e. The van der Waals surface area contributed by atoms with E-state index in [1.54, 1.807) is 0 Å². The molecule has 1 fully saturated rings. The van der Waals surface area contributed by atoms with Gasteiger partial charge in [0.1, 0.15) is 5.75 Å². The Kier molecular flexibility index (Phi) is 1.56. The molecular weight excluding hydrogens is 162 g/mol. The Bertz CT molecular complexity index is 331. The number of nitrogens with one attached hydrogen (secondary N) is 1. The van der Waals surface area contributed by atoms with Gasteiger partial charge in [-0.2, -0.15) is 0 Å². The molecule has 2 aliphatic heterocycles. The predicted molar refractivity (Wildman–Crippen MR) is 51.3 cm³/mol. The summed E-state index contributed by atoms with van der Waals surface area (Å²) in [6, 6.07) is 6.54. The van der Waals surface area contributed by atoms with E-state index >= 15 is 0 Å². The van der Waals surface area contributed by atoms with Gasteiger partial charge in [-0.15, -0.1) is 0 Å². The van der Waals surface area contributed by atoms with Crippen LogP contribution in [0, 0.1) is 0 Å². The number of benzene rings is 1. The molecule has 0 spiro atoms. The lowest BCUT2D eigenvalue weighted by molar-refractivity contribution is 0.343. The first kappa shape index (κ1) is 7.39. The van der Waals surface area contributed by atoms with E-state index in [1.165, 1.54) is 16.9 Å². The number of para-hydroxylation sites is 1. The standard InChI is InChI=1S/C11H13NO/c1-2-8-4-5-13-11(8)10(3-1)9-6-12-7-9/h1-3,9,12H,4-7H2. The van der Waals surface area contributed by atoms with Crippen LogP contribution in [-0.4, -0.2) is 19.7 Å². The molecule has 1 saturated heterocycles. The molecular formula is C11H13NO. The van der Waals surface area contributed by atoms with Crippen LogP contribution in [0.5, 0.6) is 5.75 Å². The molecule has 0 atom stereocenters. The van der Waals surface area contributed by atoms with Gasteiger partial charge in [0, 0.05) is 31.0 Å². The second kappa shape index (κ2) is 2.74. The molecule has 13 heavy (non-hydrogen) atoms. The Hall–Kier alpha value is -1.02. The number of ether oxygens (including phenoxy) is 1. The fourth-order valence-corrected chi connectivity index (χ4v) is 2.07. The summed E-state index contributed by atoms with van der Waals surface area (Å²) in [5.74, 6) is 1.86. The number of hydrogen-bond acceptors (Lipinski definition) is 2. The van der Waals surface area contributed by atoms with E-state index in [0.29, 0.717) is 5.92 Å². The van der Waals surface area contributed by atoms with Gasteiger partial charge in [-0.25, -0.2) is 0 Å². The van der Waals surface area contributed by atoms with Gasteiger partial charge in [0.2, 0.25) is 0 Å². The monoisotopic (exact) mass is 175 g/mol. The van der Waals surface area contributed by atoms with Crippen LogP contribution in [0.1, 0.15) is 17.0 Å². The third-order valence-corrected chi connectivity index (χ3v) is 2.97. The van der Waals surface area contributed by atoms with Crippen molar-refractivity contribution < 1.29 is 4.74 Å². The molecule has 2 heterocycles. The minimum atomic E-state index is 0.688. The van der Waals surface area contributed by atoms with Crippen molar-refractivity contribution in [3.8, 4) is 5.75 Å². The van der Waals surface area contributed by atoms with Crippen LogP contribution in [0.3, 0.4) is 0 Å². The van der Waals surface area contributed by atoms with Crippen molar-refractivity contribution in [2.45, 2.75) is 12.3 Å². The molecule has 0 amide bonds. The molecule has 0 radical (unpaired) electrons. The van der Waals surface area contributed by atoms with Crippen LogP contribution in [0.15, 0.2) is 18.2 Å². The van der Waals surface area contributed by atoms with E-state index < -0.39 is 0 Å². The summed E-state index contributed by atoms with van der Waals surface area (Å²) in [5, 5.41) is 3.30. The van der Waals surface area contributed by atoms with Crippen LogP contribution in [0.4, 0.5) is 0 Å². The zero-order chi connectivity index (χ0) is 8.67. The lowest BCUT2D eigenvalue weighted by Crippen LogP contribution is -2.40. The Balaban J connectivity index is 2.04. The second-order valence-corrected chi connectivity index (χ2v) is 3.79. The molecule has 2 nitrogen and oxygen atoms in total. The summed E-state index contributed by atoms with van der Waals surface area (Å²) in [6.45, 7) is 3.09. The molecule has 3 rings (SSSR count). The second-order valence-electron chi connectivity index (χ2n) is 3.79. The van der Waals surface area contributed by atoms with Gasteiger partial charge in [-0.1, -0.05) is 18.2 Å². The molecule has 0 saturated carbocycles. The third kappa shape index (κ3) is 1.05. The van der Waals surface area contributed by atoms with Gasteiger partial charge in [0.25, 0.3) is 0 Å². The lowest BCUT2D eigenvalue weighted by atomic mass is 9.91. The molecule has 68 valence electrons. The molecule has 0 aliphatic carbocycles. The van der Waals surface area contributed by atoms with Crippen molar-refractivity contribution in [1.29, 1.82) is 0 Å². The van der Waals surface area contributed by atoms with Crippen molar-refractivity contribution in [1.82, 2.24) is 5.32 Å². The summed E-state index contributed by atoms with van der Waals surface area (Å²) < 4.78 is 5.66. The maximum absolute atomic E-state index is 5.66. The molecule has 0 unspecified atom stereocenters. The van der Waals surface area contributed by atoms with Crippen molar-refractivity contribution in [3.63, 3.8) is 0 Å². The van der Waals surface area contributed by atoms with Crippen molar-refractivity contribution in [3.05, 3.63) is 29.3 Å². The Morgan fingerprint density at radius 2 is 2.23 bits per heavy atom. The first-order valence-electron chi connectivity index (χ1n) is 4.90. The van der Waals surface area contributed by atoms with Crippen molar-refractivity contribution in [2.24, 2.45) is 0 Å². The maximum atomic E-state index is 5.66. The topological polar surface area (TPSA) is 21.3 Å².